The summed E-state index contributed by atoms with van der Waals surface area (Å²) in [5.41, 5.74) is 0. The van der Waals surface area contributed by atoms with Crippen molar-refractivity contribution in [2.24, 2.45) is 17.8 Å². The summed E-state index contributed by atoms with van der Waals surface area (Å²) in [5, 5.41) is 8.70. The van der Waals surface area contributed by atoms with Crippen LogP contribution in [-0.2, 0) is 9.53 Å². The Labute approximate surface area is 152 Å². The van der Waals surface area contributed by atoms with Gasteiger partial charge >= 0.3 is 5.97 Å². The van der Waals surface area contributed by atoms with E-state index in [2.05, 4.69) is 0 Å². The zero-order chi connectivity index (χ0) is 19.9. The second-order valence-electron chi connectivity index (χ2n) is 7.04. The van der Waals surface area contributed by atoms with E-state index in [1.165, 1.54) is 6.07 Å². The first-order valence-corrected chi connectivity index (χ1v) is 9.18. The molecule has 1 saturated carbocycles. The van der Waals surface area contributed by atoms with Crippen LogP contribution < -0.4 is 0 Å². The third kappa shape index (κ3) is 6.00. The van der Waals surface area contributed by atoms with Gasteiger partial charge in [-0.1, -0.05) is 33.6 Å². The monoisotopic (exact) mass is 377 g/mol. The summed E-state index contributed by atoms with van der Waals surface area (Å²) in [5.74, 6) is -6.12. The van der Waals surface area contributed by atoms with E-state index in [1.54, 1.807) is 6.92 Å². The van der Waals surface area contributed by atoms with Gasteiger partial charge in [0.05, 0.1) is 6.07 Å². The molecule has 0 bridgehead atoms. The zero-order valence-electron chi connectivity index (χ0n) is 15.5. The summed E-state index contributed by atoms with van der Waals surface area (Å²) in [6, 6.07) is 1.53. The number of nitrogens with zero attached hydrogens (tertiary/aromatic N) is 1. The van der Waals surface area contributed by atoms with E-state index >= 15 is 0 Å². The molecule has 0 aliphatic heterocycles. The van der Waals surface area contributed by atoms with E-state index in [0.717, 1.165) is 6.42 Å². The van der Waals surface area contributed by atoms with Gasteiger partial charge in [0.2, 0.25) is 5.83 Å². The van der Waals surface area contributed by atoms with Crippen molar-refractivity contribution in [3.05, 3.63) is 11.7 Å². The van der Waals surface area contributed by atoms with Crippen molar-refractivity contribution in [2.45, 2.75) is 77.7 Å². The molecule has 1 fully saturated rings. The van der Waals surface area contributed by atoms with Gasteiger partial charge in [-0.05, 0) is 18.8 Å². The summed E-state index contributed by atoms with van der Waals surface area (Å²) >= 11 is 0. The first-order chi connectivity index (χ1) is 12.2. The Hall–Kier alpha value is -1.58. The van der Waals surface area contributed by atoms with Crippen molar-refractivity contribution in [3.8, 4) is 6.07 Å². The Morgan fingerprint density at radius 1 is 1.15 bits per heavy atom. The molecule has 4 atom stereocenters. The molecule has 0 spiro atoms. The van der Waals surface area contributed by atoms with E-state index in [-0.39, 0.29) is 0 Å². The summed E-state index contributed by atoms with van der Waals surface area (Å²) in [7, 11) is 0. The molecule has 0 saturated heterocycles. The molecule has 1 aliphatic rings. The molecule has 4 unspecified atom stereocenters. The van der Waals surface area contributed by atoms with Gasteiger partial charge in [0, 0.05) is 18.8 Å². The van der Waals surface area contributed by atoms with E-state index in [9.17, 15) is 22.4 Å². The van der Waals surface area contributed by atoms with Gasteiger partial charge < -0.3 is 4.74 Å². The van der Waals surface area contributed by atoms with Crippen LogP contribution in [0.2, 0.25) is 0 Å². The van der Waals surface area contributed by atoms with Crippen molar-refractivity contribution in [1.29, 1.82) is 5.26 Å². The molecular formula is C19H27F4NO2. The van der Waals surface area contributed by atoms with Crippen molar-refractivity contribution in [3.63, 3.8) is 0 Å². The molecular weight excluding hydrogens is 350 g/mol. The Bertz CT molecular complexity index is 534. The van der Waals surface area contributed by atoms with Gasteiger partial charge in [-0.25, -0.2) is 18.0 Å². The number of carbonyl (C=O) groups is 1. The largest absolute Gasteiger partial charge is 0.457 e. The highest BCUT2D eigenvalue weighted by Gasteiger charge is 2.41. The molecule has 0 aromatic heterocycles. The fraction of sp³-hybridized carbons (Fsp3) is 0.789. The number of hydrogen-bond acceptors (Lipinski definition) is 3. The number of hydrogen-bond donors (Lipinski definition) is 0. The normalized spacial score (nSPS) is 29.3. The molecule has 0 amide bonds. The van der Waals surface area contributed by atoms with Crippen LogP contribution >= 0.6 is 0 Å². The third-order valence-corrected chi connectivity index (χ3v) is 5.12. The van der Waals surface area contributed by atoms with Gasteiger partial charge in [-0.2, -0.15) is 9.65 Å². The number of alkyl halides is 2. The van der Waals surface area contributed by atoms with Crippen LogP contribution in [0, 0.1) is 29.1 Å². The predicted octanol–water partition coefficient (Wildman–Crippen LogP) is 5.51. The van der Waals surface area contributed by atoms with Gasteiger partial charge in [0.1, 0.15) is 30.2 Å². The standard InChI is InChI=1S/C19H27F4NO2/c1-4-11(3)6-7-12(5-2)17(22)18(23)19(25)26-13-8-15(20)14(10-24)16(21)9-13/h11-16H,4-9H2,1-3H3. The Kier molecular flexibility index (Phi) is 9.11. The predicted molar refractivity (Wildman–Crippen MR) is 89.7 cm³/mol. The lowest BCUT2D eigenvalue weighted by atomic mass is 9.85. The minimum Gasteiger partial charge on any atom is -0.457 e. The lowest BCUT2D eigenvalue weighted by Crippen LogP contribution is -2.39. The van der Waals surface area contributed by atoms with Crippen LogP contribution in [0.3, 0.4) is 0 Å². The maximum absolute atomic E-state index is 14.3. The van der Waals surface area contributed by atoms with Crippen LogP contribution in [0.25, 0.3) is 0 Å². The quantitative estimate of drug-likeness (QED) is 0.318. The first-order valence-electron chi connectivity index (χ1n) is 9.18. The number of allylic oxidation sites excluding steroid dienone is 1. The van der Waals surface area contributed by atoms with Gasteiger partial charge in [0.15, 0.2) is 0 Å². The van der Waals surface area contributed by atoms with Crippen LogP contribution in [0.5, 0.6) is 0 Å². The molecule has 1 aliphatic carbocycles. The topological polar surface area (TPSA) is 50.1 Å². The van der Waals surface area contributed by atoms with Crippen molar-refractivity contribution in [1.82, 2.24) is 0 Å². The van der Waals surface area contributed by atoms with Crippen LogP contribution in [-0.4, -0.2) is 24.4 Å². The molecule has 0 radical (unpaired) electrons. The third-order valence-electron chi connectivity index (χ3n) is 5.12. The Morgan fingerprint density at radius 2 is 1.73 bits per heavy atom. The maximum atomic E-state index is 14.3. The second kappa shape index (κ2) is 10.5. The fourth-order valence-corrected chi connectivity index (χ4v) is 3.06. The average molecular weight is 377 g/mol. The van der Waals surface area contributed by atoms with Gasteiger partial charge in [0.25, 0.3) is 0 Å². The van der Waals surface area contributed by atoms with Crippen molar-refractivity contribution >= 4 is 5.97 Å². The van der Waals surface area contributed by atoms with E-state index < -0.39 is 60.7 Å². The number of rotatable bonds is 8. The molecule has 3 nitrogen and oxygen atoms in total. The van der Waals surface area contributed by atoms with E-state index in [0.29, 0.717) is 25.2 Å². The summed E-state index contributed by atoms with van der Waals surface area (Å²) in [4.78, 5) is 11.8. The van der Waals surface area contributed by atoms with Crippen molar-refractivity contribution < 1.29 is 27.1 Å². The number of halogens is 4. The lowest BCUT2D eigenvalue weighted by molar-refractivity contribution is -0.150. The highest BCUT2D eigenvalue weighted by Crippen LogP contribution is 2.33. The van der Waals surface area contributed by atoms with E-state index in [4.69, 9.17) is 10.00 Å². The highest BCUT2D eigenvalue weighted by atomic mass is 19.2. The number of ether oxygens (including phenoxy) is 1. The summed E-state index contributed by atoms with van der Waals surface area (Å²) in [6.45, 7) is 5.72. The SMILES string of the molecule is CCC(C)CCC(CC)C(F)=C(F)C(=O)OC1CC(F)C(C#N)C(F)C1. The molecule has 0 heterocycles. The summed E-state index contributed by atoms with van der Waals surface area (Å²) < 4.78 is 60.6. The zero-order valence-corrected chi connectivity index (χ0v) is 15.5. The number of esters is 1. The second-order valence-corrected chi connectivity index (χ2v) is 7.04. The molecule has 1 rings (SSSR count). The maximum Gasteiger partial charge on any atom is 0.370 e. The molecule has 26 heavy (non-hydrogen) atoms. The number of carbonyl (C=O) groups excluding carboxylic acids is 1. The summed E-state index contributed by atoms with van der Waals surface area (Å²) in [6.07, 6.45) is -3.26. The highest BCUT2D eigenvalue weighted by molar-refractivity contribution is 5.86. The van der Waals surface area contributed by atoms with Crippen LogP contribution in [0.1, 0.15) is 59.3 Å². The van der Waals surface area contributed by atoms with Crippen LogP contribution in [0.4, 0.5) is 17.6 Å². The van der Waals surface area contributed by atoms with Gasteiger partial charge in [-0.3, -0.25) is 0 Å². The number of nitriles is 1. The average Bonchev–Trinajstić information content (AvgIpc) is 2.60. The van der Waals surface area contributed by atoms with Crippen molar-refractivity contribution in [2.75, 3.05) is 0 Å². The smallest absolute Gasteiger partial charge is 0.370 e. The molecule has 0 aromatic rings. The molecule has 7 heteroatoms. The Morgan fingerprint density at radius 3 is 2.19 bits per heavy atom. The van der Waals surface area contributed by atoms with Crippen LogP contribution in [0.15, 0.2) is 11.7 Å². The Balaban J connectivity index is 2.72. The van der Waals surface area contributed by atoms with E-state index in [1.807, 2.05) is 13.8 Å². The van der Waals surface area contributed by atoms with Gasteiger partial charge in [-0.15, -0.1) is 0 Å². The first kappa shape index (κ1) is 22.5. The molecule has 0 N–H and O–H groups in total. The molecule has 0 aromatic carbocycles. The minimum atomic E-state index is -1.81. The molecule has 148 valence electrons. The fourth-order valence-electron chi connectivity index (χ4n) is 3.06. The lowest BCUT2D eigenvalue weighted by Gasteiger charge is -2.30. The minimum absolute atomic E-state index is 0.329.